The summed E-state index contributed by atoms with van der Waals surface area (Å²) >= 11 is 0. The van der Waals surface area contributed by atoms with Crippen LogP contribution in [0.25, 0.3) is 94.4 Å². The van der Waals surface area contributed by atoms with Crippen molar-refractivity contribution in [1.29, 1.82) is 0 Å². The van der Waals surface area contributed by atoms with E-state index >= 15 is 0 Å². The summed E-state index contributed by atoms with van der Waals surface area (Å²) in [6.07, 6.45) is 0. The summed E-state index contributed by atoms with van der Waals surface area (Å²) in [4.78, 5) is 20.3. The Hall–Kier alpha value is -6.72. The molecule has 10 rings (SSSR count). The van der Waals surface area contributed by atoms with E-state index in [0.717, 1.165) is 55.3 Å². The Morgan fingerprint density at radius 2 is 0.776 bits per heavy atom. The molecule has 228 valence electrons. The average molecular weight is 626 g/mol. The van der Waals surface area contributed by atoms with E-state index in [1.807, 2.05) is 6.07 Å². The molecule has 0 spiro atoms. The van der Waals surface area contributed by atoms with Crippen LogP contribution < -0.4 is 0 Å². The molecule has 49 heavy (non-hydrogen) atoms. The van der Waals surface area contributed by atoms with Crippen LogP contribution in [0, 0.1) is 0 Å². The molecule has 7 aromatic carbocycles. The molecule has 0 fully saturated rings. The van der Waals surface area contributed by atoms with Crippen LogP contribution in [-0.4, -0.2) is 24.3 Å². The molecule has 0 bridgehead atoms. The number of hydrogen-bond donors (Lipinski definition) is 0. The van der Waals surface area contributed by atoms with Crippen LogP contribution in [-0.2, 0) is 0 Å². The first-order valence-electron chi connectivity index (χ1n) is 16.4. The summed E-state index contributed by atoms with van der Waals surface area (Å²) in [5.74, 6) is 1.90. The lowest BCUT2D eigenvalue weighted by atomic mass is 10.0. The van der Waals surface area contributed by atoms with Crippen LogP contribution in [0.4, 0.5) is 0 Å². The lowest BCUT2D eigenvalue weighted by molar-refractivity contribution is 1.07. The Balaban J connectivity index is 1.13. The van der Waals surface area contributed by atoms with Crippen molar-refractivity contribution in [2.45, 2.75) is 0 Å². The molecule has 0 unspecified atom stereocenters. The van der Waals surface area contributed by atoms with Crippen LogP contribution in [0.3, 0.4) is 0 Å². The molecule has 0 amide bonds. The SMILES string of the molecule is c1ccc2cc(-c3nc(-c4ccc(-c5nc6ccccc6n6c5cc5ccccc56)cc4)nc(-c4ccc5ccccc5c4)n3)ccc2c1. The maximum absolute atomic E-state index is 5.17. The van der Waals surface area contributed by atoms with Gasteiger partial charge in [-0.3, -0.25) is 0 Å². The highest BCUT2D eigenvalue weighted by Gasteiger charge is 2.16. The molecular weight excluding hydrogens is 599 g/mol. The molecule has 3 heterocycles. The first-order valence-corrected chi connectivity index (χ1v) is 16.4. The summed E-state index contributed by atoms with van der Waals surface area (Å²) in [5, 5.41) is 5.83. The van der Waals surface area contributed by atoms with Crippen molar-refractivity contribution in [2.24, 2.45) is 0 Å². The van der Waals surface area contributed by atoms with Gasteiger partial charge < -0.3 is 4.40 Å². The summed E-state index contributed by atoms with van der Waals surface area (Å²) in [6, 6.07) is 56.9. The highest BCUT2D eigenvalue weighted by atomic mass is 15.0. The van der Waals surface area contributed by atoms with Crippen molar-refractivity contribution in [3.63, 3.8) is 0 Å². The molecule has 0 atom stereocenters. The second-order valence-corrected chi connectivity index (χ2v) is 12.4. The van der Waals surface area contributed by atoms with Gasteiger partial charge in [0.1, 0.15) is 0 Å². The van der Waals surface area contributed by atoms with Gasteiger partial charge in [0.05, 0.1) is 27.8 Å². The third-order valence-corrected chi connectivity index (χ3v) is 9.38. The van der Waals surface area contributed by atoms with Crippen molar-refractivity contribution < 1.29 is 0 Å². The van der Waals surface area contributed by atoms with Crippen molar-refractivity contribution in [2.75, 3.05) is 0 Å². The molecular formula is C44H27N5. The van der Waals surface area contributed by atoms with Gasteiger partial charge in [-0.15, -0.1) is 0 Å². The minimum Gasteiger partial charge on any atom is -0.306 e. The second kappa shape index (κ2) is 10.9. The van der Waals surface area contributed by atoms with Gasteiger partial charge >= 0.3 is 0 Å². The Bertz CT molecular complexity index is 2790. The Morgan fingerprint density at radius 3 is 1.41 bits per heavy atom. The normalized spacial score (nSPS) is 11.7. The highest BCUT2D eigenvalue weighted by Crippen LogP contribution is 2.34. The van der Waals surface area contributed by atoms with Crippen LogP contribution in [0.15, 0.2) is 164 Å². The monoisotopic (exact) mass is 625 g/mol. The molecule has 10 aromatic rings. The molecule has 0 aliphatic rings. The third-order valence-electron chi connectivity index (χ3n) is 9.38. The van der Waals surface area contributed by atoms with Gasteiger partial charge in [-0.2, -0.15) is 0 Å². The molecule has 0 N–H and O–H groups in total. The molecule has 0 radical (unpaired) electrons. The zero-order valence-electron chi connectivity index (χ0n) is 26.3. The first kappa shape index (κ1) is 27.4. The fourth-order valence-corrected chi connectivity index (χ4v) is 6.92. The van der Waals surface area contributed by atoms with Crippen LogP contribution >= 0.6 is 0 Å². The molecule has 0 saturated carbocycles. The molecule has 3 aromatic heterocycles. The number of nitrogens with zero attached hydrogens (tertiary/aromatic N) is 5. The van der Waals surface area contributed by atoms with Crippen molar-refractivity contribution >= 4 is 49.0 Å². The average Bonchev–Trinajstić information content (AvgIpc) is 3.57. The van der Waals surface area contributed by atoms with Gasteiger partial charge in [0, 0.05) is 27.6 Å². The smallest absolute Gasteiger partial charge is 0.164 e. The summed E-state index contributed by atoms with van der Waals surface area (Å²) in [7, 11) is 0. The van der Waals surface area contributed by atoms with E-state index in [9.17, 15) is 0 Å². The Kier molecular flexibility index (Phi) is 6.11. The van der Waals surface area contributed by atoms with E-state index in [2.05, 4.69) is 162 Å². The standard InChI is InChI=1S/C44H27N5/c1-3-11-32-25-35(23-17-28(32)9-1)43-46-42(47-44(48-43)36-24-18-29-10-2-4-12-33(29)26-36)31-21-19-30(20-22-31)41-40-27-34-13-5-7-15-38(34)49(40)39-16-8-6-14-37(39)45-41/h1-27H. The molecule has 0 saturated heterocycles. The van der Waals surface area contributed by atoms with E-state index in [1.165, 1.54) is 21.7 Å². The number of para-hydroxylation sites is 3. The first-order chi connectivity index (χ1) is 24.2. The predicted octanol–water partition coefficient (Wildman–Crippen LogP) is 10.8. The van der Waals surface area contributed by atoms with Crippen LogP contribution in [0.2, 0.25) is 0 Å². The molecule has 5 nitrogen and oxygen atoms in total. The summed E-state index contributed by atoms with van der Waals surface area (Å²) in [5.41, 5.74) is 9.05. The lowest BCUT2D eigenvalue weighted by Crippen LogP contribution is -2.00. The summed E-state index contributed by atoms with van der Waals surface area (Å²) < 4.78 is 2.32. The summed E-state index contributed by atoms with van der Waals surface area (Å²) in [6.45, 7) is 0. The zero-order chi connectivity index (χ0) is 32.3. The number of benzene rings is 7. The van der Waals surface area contributed by atoms with Gasteiger partial charge in [0.2, 0.25) is 0 Å². The van der Waals surface area contributed by atoms with Gasteiger partial charge in [-0.1, -0.05) is 127 Å². The third kappa shape index (κ3) is 4.63. The number of fused-ring (bicyclic) bond motifs is 7. The van der Waals surface area contributed by atoms with Gasteiger partial charge in [-0.05, 0) is 57.9 Å². The van der Waals surface area contributed by atoms with Crippen molar-refractivity contribution in [1.82, 2.24) is 24.3 Å². The van der Waals surface area contributed by atoms with Gasteiger partial charge in [0.25, 0.3) is 0 Å². The van der Waals surface area contributed by atoms with E-state index in [-0.39, 0.29) is 0 Å². The fourth-order valence-electron chi connectivity index (χ4n) is 6.92. The van der Waals surface area contributed by atoms with Gasteiger partial charge in [0.15, 0.2) is 17.5 Å². The fraction of sp³-hybridized carbons (Fsp3) is 0. The van der Waals surface area contributed by atoms with E-state index in [4.69, 9.17) is 19.9 Å². The number of aromatic nitrogens is 5. The minimum atomic E-state index is 0.623. The van der Waals surface area contributed by atoms with E-state index in [0.29, 0.717) is 17.5 Å². The molecule has 5 heteroatoms. The second-order valence-electron chi connectivity index (χ2n) is 12.4. The van der Waals surface area contributed by atoms with E-state index in [1.54, 1.807) is 0 Å². The maximum atomic E-state index is 5.17. The predicted molar refractivity (Wildman–Crippen MR) is 200 cm³/mol. The number of rotatable bonds is 4. The lowest BCUT2D eigenvalue weighted by Gasteiger charge is -2.11. The number of hydrogen-bond acceptors (Lipinski definition) is 4. The molecule has 0 aliphatic carbocycles. The zero-order valence-corrected chi connectivity index (χ0v) is 26.3. The van der Waals surface area contributed by atoms with Crippen LogP contribution in [0.1, 0.15) is 0 Å². The molecule has 0 aliphatic heterocycles. The van der Waals surface area contributed by atoms with Gasteiger partial charge in [-0.25, -0.2) is 19.9 Å². The Morgan fingerprint density at radius 1 is 0.306 bits per heavy atom. The quantitative estimate of drug-likeness (QED) is 0.195. The van der Waals surface area contributed by atoms with Crippen molar-refractivity contribution in [3.05, 3.63) is 164 Å². The highest BCUT2D eigenvalue weighted by molar-refractivity contribution is 5.98. The topological polar surface area (TPSA) is 56.0 Å². The maximum Gasteiger partial charge on any atom is 0.164 e. The Labute approximate surface area is 281 Å². The van der Waals surface area contributed by atoms with E-state index < -0.39 is 0 Å². The largest absolute Gasteiger partial charge is 0.306 e. The van der Waals surface area contributed by atoms with Crippen LogP contribution in [0.5, 0.6) is 0 Å². The minimum absolute atomic E-state index is 0.623. The van der Waals surface area contributed by atoms with Crippen molar-refractivity contribution in [3.8, 4) is 45.4 Å².